The predicted octanol–water partition coefficient (Wildman–Crippen LogP) is 2.57. The summed E-state index contributed by atoms with van der Waals surface area (Å²) in [7, 11) is -2.73. The van der Waals surface area contributed by atoms with E-state index in [-0.39, 0.29) is 29.4 Å². The van der Waals surface area contributed by atoms with Crippen LogP contribution in [0.4, 0.5) is 0 Å². The van der Waals surface area contributed by atoms with Gasteiger partial charge in [0.1, 0.15) is 6.23 Å². The number of β-lactam (4-membered cyclic amide) rings is 1. The Hall–Kier alpha value is -0.176. The summed E-state index contributed by atoms with van der Waals surface area (Å²) in [4.78, 5) is 12.0. The smallest absolute Gasteiger partial charge is 0.229 e. The zero-order valence-electron chi connectivity index (χ0n) is 14.2. The van der Waals surface area contributed by atoms with Gasteiger partial charge in [-0.3, -0.25) is 4.79 Å². The minimum absolute atomic E-state index is 0.0345. The Morgan fingerprint density at radius 2 is 1.85 bits per heavy atom. The fourth-order valence-electron chi connectivity index (χ4n) is 2.43. The van der Waals surface area contributed by atoms with Crippen molar-refractivity contribution in [3.8, 4) is 0 Å². The van der Waals surface area contributed by atoms with Crippen LogP contribution in [-0.4, -0.2) is 36.1 Å². The van der Waals surface area contributed by atoms with Crippen molar-refractivity contribution in [1.82, 2.24) is 5.32 Å². The van der Waals surface area contributed by atoms with Crippen LogP contribution in [0.3, 0.4) is 0 Å². The molecule has 0 aromatic carbocycles. The first kappa shape index (κ1) is 17.9. The molecule has 0 aromatic heterocycles. The topological polar surface area (TPSA) is 47.6 Å². The highest BCUT2D eigenvalue weighted by Crippen LogP contribution is 2.39. The average Bonchev–Trinajstić information content (AvgIpc) is 2.19. The minimum Gasteiger partial charge on any atom is -0.420 e. The Balaban J connectivity index is 2.80. The van der Waals surface area contributed by atoms with Crippen molar-refractivity contribution in [2.24, 2.45) is 17.3 Å². The van der Waals surface area contributed by atoms with E-state index < -0.39 is 17.4 Å². The van der Waals surface area contributed by atoms with E-state index >= 15 is 0 Å². The molecule has 6 heteroatoms. The van der Waals surface area contributed by atoms with Crippen LogP contribution >= 0.6 is 0 Å². The lowest BCUT2D eigenvalue weighted by Gasteiger charge is -2.47. The molecule has 0 aliphatic carbocycles. The van der Waals surface area contributed by atoms with Crippen molar-refractivity contribution in [3.63, 3.8) is 0 Å². The molecule has 1 fully saturated rings. The largest absolute Gasteiger partial charge is 0.420 e. The van der Waals surface area contributed by atoms with E-state index in [2.05, 4.69) is 58.8 Å². The Bertz CT molecular complexity index is 347. The quantitative estimate of drug-likeness (QED) is 0.605. The second kappa shape index (κ2) is 6.29. The Morgan fingerprint density at radius 1 is 1.30 bits per heavy atom. The number of hydrogen-bond acceptors (Lipinski definition) is 3. The number of rotatable bonds is 6. The summed E-state index contributed by atoms with van der Waals surface area (Å²) in [6.45, 7) is 18.0. The van der Waals surface area contributed by atoms with Crippen molar-refractivity contribution >= 4 is 23.3 Å². The van der Waals surface area contributed by atoms with Crippen LogP contribution in [-0.2, 0) is 13.6 Å². The summed E-state index contributed by atoms with van der Waals surface area (Å²) in [5, 5.41) is 2.92. The Labute approximate surface area is 126 Å². The van der Waals surface area contributed by atoms with E-state index in [9.17, 15) is 4.79 Å². The van der Waals surface area contributed by atoms with Crippen LogP contribution < -0.4 is 5.32 Å². The maximum absolute atomic E-state index is 12.0. The monoisotopic (exact) mass is 317 g/mol. The second-order valence-corrected chi connectivity index (χ2v) is 14.9. The SMILES string of the molecule is C[SiH](C)OCC([C@H]1C(=O)N[C@@H]1O[Si](C)(C)C)C(C)(C)C. The molecule has 1 rings (SSSR count). The lowest BCUT2D eigenvalue weighted by molar-refractivity contribution is -0.154. The third-order valence-electron chi connectivity index (χ3n) is 3.55. The van der Waals surface area contributed by atoms with Gasteiger partial charge in [0.15, 0.2) is 17.4 Å². The molecular formula is C14H31NO3Si2. The maximum atomic E-state index is 12.0. The number of carbonyl (C=O) groups is 1. The zero-order valence-corrected chi connectivity index (χ0v) is 16.4. The van der Waals surface area contributed by atoms with Gasteiger partial charge in [0.05, 0.1) is 5.92 Å². The molecule has 3 atom stereocenters. The lowest BCUT2D eigenvalue weighted by Crippen LogP contribution is -2.66. The van der Waals surface area contributed by atoms with Gasteiger partial charge in [0.2, 0.25) is 5.91 Å². The highest BCUT2D eigenvalue weighted by Gasteiger charge is 2.50. The van der Waals surface area contributed by atoms with E-state index in [4.69, 9.17) is 8.85 Å². The number of hydrogen-bond donors (Lipinski definition) is 1. The van der Waals surface area contributed by atoms with Crippen molar-refractivity contribution < 1.29 is 13.6 Å². The van der Waals surface area contributed by atoms with Gasteiger partial charge < -0.3 is 14.2 Å². The molecular weight excluding hydrogens is 286 g/mol. The van der Waals surface area contributed by atoms with Gasteiger partial charge in [-0.15, -0.1) is 0 Å². The van der Waals surface area contributed by atoms with Gasteiger partial charge in [-0.2, -0.15) is 0 Å². The molecule has 4 nitrogen and oxygen atoms in total. The summed E-state index contributed by atoms with van der Waals surface area (Å²) in [6, 6.07) is 0. The lowest BCUT2D eigenvalue weighted by atomic mass is 9.70. The molecule has 1 N–H and O–H groups in total. The van der Waals surface area contributed by atoms with Crippen molar-refractivity contribution in [1.29, 1.82) is 0 Å². The van der Waals surface area contributed by atoms with E-state index in [0.717, 1.165) is 0 Å². The van der Waals surface area contributed by atoms with Crippen LogP contribution in [0.5, 0.6) is 0 Å². The van der Waals surface area contributed by atoms with Gasteiger partial charge in [0.25, 0.3) is 0 Å². The van der Waals surface area contributed by atoms with Crippen LogP contribution in [0, 0.1) is 17.3 Å². The van der Waals surface area contributed by atoms with Gasteiger partial charge >= 0.3 is 0 Å². The Kier molecular flexibility index (Phi) is 5.63. The fourth-order valence-corrected chi connectivity index (χ4v) is 3.99. The highest BCUT2D eigenvalue weighted by atomic mass is 28.4. The second-order valence-electron chi connectivity index (χ2n) is 8.04. The first-order chi connectivity index (χ1) is 8.92. The van der Waals surface area contributed by atoms with Crippen molar-refractivity contribution in [2.45, 2.75) is 59.7 Å². The van der Waals surface area contributed by atoms with E-state index in [1.165, 1.54) is 0 Å². The molecule has 1 aliphatic heterocycles. The summed E-state index contributed by atoms with van der Waals surface area (Å²) in [6.07, 6.45) is -0.129. The molecule has 118 valence electrons. The molecule has 0 saturated carbocycles. The van der Waals surface area contributed by atoms with Gasteiger partial charge in [-0.1, -0.05) is 20.8 Å². The van der Waals surface area contributed by atoms with Crippen LogP contribution in [0.2, 0.25) is 32.7 Å². The van der Waals surface area contributed by atoms with Gasteiger partial charge in [0, 0.05) is 12.5 Å². The average molecular weight is 318 g/mol. The molecule has 20 heavy (non-hydrogen) atoms. The third-order valence-corrected chi connectivity index (χ3v) is 5.37. The van der Waals surface area contributed by atoms with Gasteiger partial charge in [-0.25, -0.2) is 0 Å². The molecule has 0 aromatic rings. The highest BCUT2D eigenvalue weighted by molar-refractivity contribution is 6.69. The molecule has 1 saturated heterocycles. The summed E-state index contributed by atoms with van der Waals surface area (Å²) < 4.78 is 12.0. The molecule has 0 bridgehead atoms. The number of amides is 1. The van der Waals surface area contributed by atoms with Crippen molar-refractivity contribution in [3.05, 3.63) is 0 Å². The van der Waals surface area contributed by atoms with Crippen LogP contribution in [0.15, 0.2) is 0 Å². The molecule has 0 spiro atoms. The van der Waals surface area contributed by atoms with E-state index in [1.807, 2.05) is 0 Å². The van der Waals surface area contributed by atoms with Crippen molar-refractivity contribution in [2.75, 3.05) is 6.61 Å². The summed E-state index contributed by atoms with van der Waals surface area (Å²) in [5.41, 5.74) is 0.0345. The molecule has 0 radical (unpaired) electrons. The van der Waals surface area contributed by atoms with E-state index in [1.54, 1.807) is 0 Å². The van der Waals surface area contributed by atoms with E-state index in [0.29, 0.717) is 6.61 Å². The molecule has 1 unspecified atom stereocenters. The van der Waals surface area contributed by atoms with Crippen LogP contribution in [0.25, 0.3) is 0 Å². The first-order valence-electron chi connectivity index (χ1n) is 7.51. The normalized spacial score (nSPS) is 25.4. The number of carbonyl (C=O) groups excluding carboxylic acids is 1. The third kappa shape index (κ3) is 4.98. The first-order valence-corrected chi connectivity index (χ1v) is 13.7. The number of nitrogens with one attached hydrogen (secondary N) is 1. The summed E-state index contributed by atoms with van der Waals surface area (Å²) in [5.74, 6) is 0.240. The zero-order chi connectivity index (χ0) is 15.7. The minimum atomic E-state index is -1.66. The Morgan fingerprint density at radius 3 is 2.20 bits per heavy atom. The molecule has 1 aliphatic rings. The molecule has 1 amide bonds. The standard InChI is InChI=1S/C14H31NO3Si2/c1-14(2,3)10(9-17-19(4)5)11-12(16)15-13(11)18-20(6,7)8/h10-11,13,19H,9H2,1-8H3,(H,15,16)/t10?,11-,13+/m0/s1. The summed E-state index contributed by atoms with van der Waals surface area (Å²) >= 11 is 0. The maximum Gasteiger partial charge on any atom is 0.229 e. The van der Waals surface area contributed by atoms with Gasteiger partial charge in [-0.05, 0) is 38.2 Å². The predicted molar refractivity (Wildman–Crippen MR) is 87.6 cm³/mol. The fraction of sp³-hybridized carbons (Fsp3) is 0.929. The molecule has 1 heterocycles. The van der Waals surface area contributed by atoms with Crippen LogP contribution in [0.1, 0.15) is 20.8 Å².